The summed E-state index contributed by atoms with van der Waals surface area (Å²) in [5.74, 6) is 0. The number of hydrogen-bond acceptors (Lipinski definition) is 5. The molecule has 0 spiro atoms. The molecule has 2 heterocycles. The van der Waals surface area contributed by atoms with Gasteiger partial charge in [0.05, 0.1) is 19.5 Å². The summed E-state index contributed by atoms with van der Waals surface area (Å²) < 4.78 is 30.6. The van der Waals surface area contributed by atoms with Crippen molar-refractivity contribution in [1.29, 1.82) is 0 Å². The van der Waals surface area contributed by atoms with Crippen LogP contribution < -0.4 is 10.0 Å². The summed E-state index contributed by atoms with van der Waals surface area (Å²) in [7, 11) is -3.24. The van der Waals surface area contributed by atoms with E-state index in [9.17, 15) is 13.2 Å². The van der Waals surface area contributed by atoms with Crippen LogP contribution in [0.25, 0.3) is 0 Å². The van der Waals surface area contributed by atoms with Crippen LogP contribution in [0.1, 0.15) is 19.8 Å². The highest BCUT2D eigenvalue weighted by Crippen LogP contribution is 2.11. The number of nitrogens with one attached hydrogen (secondary N) is 2. The van der Waals surface area contributed by atoms with E-state index < -0.39 is 10.0 Å². The molecule has 2 aliphatic rings. The Hall–Kier alpha value is -0.900. The van der Waals surface area contributed by atoms with Gasteiger partial charge in [-0.3, -0.25) is 4.90 Å². The lowest BCUT2D eigenvalue weighted by atomic mass is 10.1. The van der Waals surface area contributed by atoms with Gasteiger partial charge in [-0.15, -0.1) is 0 Å². The molecule has 0 bridgehead atoms. The molecule has 2 rings (SSSR count). The van der Waals surface area contributed by atoms with E-state index >= 15 is 0 Å². The van der Waals surface area contributed by atoms with Gasteiger partial charge >= 0.3 is 6.03 Å². The van der Waals surface area contributed by atoms with Crippen LogP contribution in [-0.4, -0.2) is 88.5 Å². The molecule has 0 aromatic carbocycles. The number of piperidine rings is 1. The van der Waals surface area contributed by atoms with Crippen LogP contribution in [0.3, 0.4) is 0 Å². The number of ether oxygens (including phenoxy) is 1. The highest BCUT2D eigenvalue weighted by molar-refractivity contribution is 7.88. The third kappa shape index (κ3) is 6.62. The van der Waals surface area contributed by atoms with Crippen molar-refractivity contribution < 1.29 is 17.9 Å². The maximum absolute atomic E-state index is 12.4. The predicted molar refractivity (Wildman–Crippen MR) is 87.8 cm³/mol. The van der Waals surface area contributed by atoms with Gasteiger partial charge in [0.2, 0.25) is 10.0 Å². The minimum Gasteiger partial charge on any atom is -0.379 e. The molecule has 0 aromatic rings. The molecule has 0 aliphatic carbocycles. The topological polar surface area (TPSA) is 91.0 Å². The van der Waals surface area contributed by atoms with E-state index in [0.717, 1.165) is 51.9 Å². The minimum absolute atomic E-state index is 0.0452. The largest absolute Gasteiger partial charge is 0.379 e. The molecule has 0 saturated carbocycles. The molecule has 2 saturated heterocycles. The monoisotopic (exact) mass is 348 g/mol. The zero-order valence-electron chi connectivity index (χ0n) is 14.0. The Labute approximate surface area is 138 Å². The fraction of sp³-hybridized carbons (Fsp3) is 0.929. The lowest BCUT2D eigenvalue weighted by Gasteiger charge is -2.34. The Morgan fingerprint density at radius 1 is 1.30 bits per heavy atom. The summed E-state index contributed by atoms with van der Waals surface area (Å²) in [6.45, 7) is 7.14. The molecule has 0 aromatic heterocycles. The van der Waals surface area contributed by atoms with Gasteiger partial charge in [-0.05, 0) is 19.8 Å². The molecule has 2 N–H and O–H groups in total. The van der Waals surface area contributed by atoms with Crippen LogP contribution in [0.4, 0.5) is 4.79 Å². The van der Waals surface area contributed by atoms with Gasteiger partial charge in [-0.1, -0.05) is 0 Å². The van der Waals surface area contributed by atoms with Crippen LogP contribution in [0.5, 0.6) is 0 Å². The summed E-state index contributed by atoms with van der Waals surface area (Å²) in [5, 5.41) is 3.01. The first kappa shape index (κ1) is 18.4. The number of nitrogens with zero attached hydrogens (tertiary/aromatic N) is 2. The van der Waals surface area contributed by atoms with Gasteiger partial charge < -0.3 is 15.0 Å². The summed E-state index contributed by atoms with van der Waals surface area (Å²) in [6.07, 6.45) is 2.72. The molecule has 2 amide bonds. The Morgan fingerprint density at radius 3 is 2.65 bits per heavy atom. The average molecular weight is 348 g/mol. The molecular weight excluding hydrogens is 320 g/mol. The second kappa shape index (κ2) is 8.27. The van der Waals surface area contributed by atoms with Gasteiger partial charge in [0, 0.05) is 44.8 Å². The number of morpholine rings is 1. The number of hydrogen-bond donors (Lipinski definition) is 2. The number of sulfonamides is 1. The van der Waals surface area contributed by atoms with Crippen LogP contribution in [-0.2, 0) is 14.8 Å². The summed E-state index contributed by atoms with van der Waals surface area (Å²) in [4.78, 5) is 16.3. The van der Waals surface area contributed by atoms with Gasteiger partial charge in [-0.2, -0.15) is 0 Å². The molecule has 2 fully saturated rings. The molecule has 8 nitrogen and oxygen atoms in total. The summed E-state index contributed by atoms with van der Waals surface area (Å²) in [5.41, 5.74) is 0. The fourth-order valence-corrected chi connectivity index (χ4v) is 3.88. The molecule has 9 heteroatoms. The zero-order valence-corrected chi connectivity index (χ0v) is 14.8. The molecular formula is C14H28N4O4S. The van der Waals surface area contributed by atoms with Crippen LogP contribution >= 0.6 is 0 Å². The number of carbonyl (C=O) groups excluding carboxylic acids is 1. The number of urea groups is 1. The lowest BCUT2D eigenvalue weighted by molar-refractivity contribution is 0.0345. The Kier molecular flexibility index (Phi) is 6.63. The number of rotatable bonds is 5. The van der Waals surface area contributed by atoms with Crippen molar-refractivity contribution >= 4 is 16.1 Å². The first-order chi connectivity index (χ1) is 10.8. The highest BCUT2D eigenvalue weighted by Gasteiger charge is 2.26. The van der Waals surface area contributed by atoms with Crippen molar-refractivity contribution in [2.24, 2.45) is 0 Å². The lowest BCUT2D eigenvalue weighted by Crippen LogP contribution is -2.54. The maximum Gasteiger partial charge on any atom is 0.317 e. The molecule has 0 radical (unpaired) electrons. The van der Waals surface area contributed by atoms with E-state index in [1.165, 1.54) is 0 Å². The Bertz CT molecular complexity index is 493. The van der Waals surface area contributed by atoms with E-state index in [2.05, 4.69) is 14.9 Å². The second-order valence-electron chi connectivity index (χ2n) is 6.44. The molecule has 2 unspecified atom stereocenters. The Balaban J connectivity index is 1.77. The Morgan fingerprint density at radius 2 is 2.00 bits per heavy atom. The predicted octanol–water partition coefficient (Wildman–Crippen LogP) is -0.570. The normalized spacial score (nSPS) is 25.1. The van der Waals surface area contributed by atoms with E-state index in [4.69, 9.17) is 4.74 Å². The van der Waals surface area contributed by atoms with E-state index in [1.54, 1.807) is 4.90 Å². The van der Waals surface area contributed by atoms with Gasteiger partial charge in [0.15, 0.2) is 0 Å². The third-order valence-corrected chi connectivity index (χ3v) is 4.86. The minimum atomic E-state index is -3.24. The van der Waals surface area contributed by atoms with E-state index in [1.807, 2.05) is 6.92 Å². The quantitative estimate of drug-likeness (QED) is 0.694. The second-order valence-corrected chi connectivity index (χ2v) is 8.22. The van der Waals surface area contributed by atoms with Crippen molar-refractivity contribution in [1.82, 2.24) is 19.8 Å². The number of amides is 2. The van der Waals surface area contributed by atoms with Crippen molar-refractivity contribution in [3.8, 4) is 0 Å². The average Bonchev–Trinajstić information content (AvgIpc) is 2.46. The maximum atomic E-state index is 12.4. The summed E-state index contributed by atoms with van der Waals surface area (Å²) in [6, 6.07) is -0.270. The first-order valence-corrected chi connectivity index (χ1v) is 10.1. The van der Waals surface area contributed by atoms with Gasteiger partial charge in [0.1, 0.15) is 0 Å². The van der Waals surface area contributed by atoms with Crippen LogP contribution in [0, 0.1) is 0 Å². The first-order valence-electron chi connectivity index (χ1n) is 8.16. The fourth-order valence-electron chi connectivity index (χ4n) is 3.08. The molecule has 2 atom stereocenters. The van der Waals surface area contributed by atoms with Crippen molar-refractivity contribution in [2.45, 2.75) is 31.8 Å². The van der Waals surface area contributed by atoms with Crippen molar-refractivity contribution in [3.63, 3.8) is 0 Å². The molecule has 2 aliphatic heterocycles. The molecule has 23 heavy (non-hydrogen) atoms. The third-order valence-electron chi connectivity index (χ3n) is 4.09. The highest BCUT2D eigenvalue weighted by atomic mass is 32.2. The van der Waals surface area contributed by atoms with Crippen LogP contribution in [0.2, 0.25) is 0 Å². The van der Waals surface area contributed by atoms with Crippen LogP contribution in [0.15, 0.2) is 0 Å². The smallest absolute Gasteiger partial charge is 0.317 e. The summed E-state index contributed by atoms with van der Waals surface area (Å²) >= 11 is 0. The molecule has 134 valence electrons. The standard InChI is InChI=1S/C14H28N4O4S/c1-12(10-17-6-8-22-9-7-17)15-14(19)18-5-3-4-13(11-18)16-23(2,20)21/h12-13,16H,3-11H2,1-2H3,(H,15,19). The van der Waals surface area contributed by atoms with Gasteiger partial charge in [0.25, 0.3) is 0 Å². The zero-order chi connectivity index (χ0) is 16.9. The SMILES string of the molecule is CC(CN1CCOCC1)NC(=O)N1CCCC(NS(C)(=O)=O)C1. The van der Waals surface area contributed by atoms with E-state index in [0.29, 0.717) is 13.1 Å². The number of likely N-dealkylation sites (tertiary alicyclic amines) is 1. The van der Waals surface area contributed by atoms with Crippen molar-refractivity contribution in [2.75, 3.05) is 52.2 Å². The number of carbonyl (C=O) groups is 1. The van der Waals surface area contributed by atoms with E-state index in [-0.39, 0.29) is 18.1 Å². The van der Waals surface area contributed by atoms with Gasteiger partial charge in [-0.25, -0.2) is 17.9 Å². The van der Waals surface area contributed by atoms with Crippen molar-refractivity contribution in [3.05, 3.63) is 0 Å².